The van der Waals surface area contributed by atoms with E-state index in [0.29, 0.717) is 12.4 Å². The number of nitriles is 1. The predicted molar refractivity (Wildman–Crippen MR) is 104 cm³/mol. The van der Waals surface area contributed by atoms with Crippen LogP contribution < -0.4 is 10.5 Å². The number of nitrogens with zero attached hydrogens (tertiary/aromatic N) is 3. The van der Waals surface area contributed by atoms with Crippen molar-refractivity contribution >= 4 is 5.82 Å². The minimum atomic E-state index is -3.00. The third kappa shape index (κ3) is 4.23. The number of likely N-dealkylation sites (tertiary alicyclic amines) is 1. The van der Waals surface area contributed by atoms with Crippen molar-refractivity contribution in [1.82, 2.24) is 9.88 Å². The van der Waals surface area contributed by atoms with E-state index in [-0.39, 0.29) is 29.8 Å². The summed E-state index contributed by atoms with van der Waals surface area (Å²) in [5, 5.41) is 9.49. The molecule has 1 aromatic carbocycles. The molecule has 0 amide bonds. The summed E-state index contributed by atoms with van der Waals surface area (Å²) in [5.74, 6) is -2.47. The van der Waals surface area contributed by atoms with Gasteiger partial charge in [-0.15, -0.1) is 0 Å². The van der Waals surface area contributed by atoms with Crippen LogP contribution >= 0.6 is 0 Å². The largest absolute Gasteiger partial charge is 0.483 e. The second-order valence-electron chi connectivity index (χ2n) is 8.04. The van der Waals surface area contributed by atoms with Crippen molar-refractivity contribution in [2.24, 2.45) is 0 Å². The smallest absolute Gasteiger partial charge is 0.296 e. The number of hydrogen-bond donors (Lipinski definition) is 1. The molecular formula is C21H24F2N4O. The van der Waals surface area contributed by atoms with Crippen molar-refractivity contribution in [1.29, 1.82) is 5.26 Å². The fourth-order valence-electron chi connectivity index (χ4n) is 3.32. The van der Waals surface area contributed by atoms with Crippen LogP contribution in [0.5, 0.6) is 5.75 Å². The van der Waals surface area contributed by atoms with E-state index in [9.17, 15) is 14.0 Å². The first-order chi connectivity index (χ1) is 13.1. The van der Waals surface area contributed by atoms with Gasteiger partial charge in [-0.1, -0.05) is 6.07 Å². The maximum atomic E-state index is 14.7. The maximum Gasteiger partial charge on any atom is 0.296 e. The molecule has 1 aromatic heterocycles. The molecule has 3 rings (SSSR count). The Labute approximate surface area is 163 Å². The SMILES string of the molecule is CC(C)(C)N1CC[C@H](Oc2ccc(-c3ccnc(N)c3)cc2C#N)C(F)(F)C1. The van der Waals surface area contributed by atoms with Gasteiger partial charge in [-0.05, 0) is 56.2 Å². The number of rotatable bonds is 3. The molecule has 28 heavy (non-hydrogen) atoms. The number of piperidine rings is 1. The van der Waals surface area contributed by atoms with Crippen LogP contribution in [0.25, 0.3) is 11.1 Å². The normalized spacial score (nSPS) is 19.8. The van der Waals surface area contributed by atoms with Crippen LogP contribution in [-0.2, 0) is 0 Å². The number of ether oxygens (including phenoxy) is 1. The fourth-order valence-corrected chi connectivity index (χ4v) is 3.32. The van der Waals surface area contributed by atoms with Crippen molar-refractivity contribution in [2.45, 2.75) is 44.8 Å². The van der Waals surface area contributed by atoms with Gasteiger partial charge in [0, 0.05) is 24.7 Å². The van der Waals surface area contributed by atoms with Crippen molar-refractivity contribution in [3.05, 3.63) is 42.1 Å². The zero-order valence-corrected chi connectivity index (χ0v) is 16.2. The van der Waals surface area contributed by atoms with Crippen LogP contribution in [0.2, 0.25) is 0 Å². The van der Waals surface area contributed by atoms with Gasteiger partial charge >= 0.3 is 0 Å². The van der Waals surface area contributed by atoms with Crippen molar-refractivity contribution in [3.8, 4) is 22.9 Å². The lowest BCUT2D eigenvalue weighted by atomic mass is 9.96. The van der Waals surface area contributed by atoms with Gasteiger partial charge in [-0.25, -0.2) is 13.8 Å². The molecule has 1 fully saturated rings. The van der Waals surface area contributed by atoms with Gasteiger partial charge < -0.3 is 10.5 Å². The van der Waals surface area contributed by atoms with E-state index in [2.05, 4.69) is 4.98 Å². The van der Waals surface area contributed by atoms with Gasteiger partial charge in [-0.2, -0.15) is 5.26 Å². The first-order valence-electron chi connectivity index (χ1n) is 9.16. The van der Waals surface area contributed by atoms with E-state index < -0.39 is 12.0 Å². The third-order valence-electron chi connectivity index (χ3n) is 4.97. The third-order valence-corrected chi connectivity index (χ3v) is 4.97. The summed E-state index contributed by atoms with van der Waals surface area (Å²) < 4.78 is 35.0. The molecule has 1 aliphatic heterocycles. The van der Waals surface area contributed by atoms with Gasteiger partial charge in [0.05, 0.1) is 12.1 Å². The number of aromatic nitrogens is 1. The Kier molecular flexibility index (Phi) is 5.26. The lowest BCUT2D eigenvalue weighted by Gasteiger charge is -2.44. The summed E-state index contributed by atoms with van der Waals surface area (Å²) in [6.45, 7) is 5.91. The monoisotopic (exact) mass is 386 g/mol. The summed E-state index contributed by atoms with van der Waals surface area (Å²) >= 11 is 0. The number of nitrogens with two attached hydrogens (primary N) is 1. The van der Waals surface area contributed by atoms with E-state index >= 15 is 0 Å². The zero-order valence-electron chi connectivity index (χ0n) is 16.2. The summed E-state index contributed by atoms with van der Waals surface area (Å²) in [6, 6.07) is 10.4. The molecule has 5 nitrogen and oxygen atoms in total. The number of pyridine rings is 1. The zero-order chi connectivity index (χ0) is 20.5. The Balaban J connectivity index is 1.82. The lowest BCUT2D eigenvalue weighted by Crippen LogP contribution is -2.58. The lowest BCUT2D eigenvalue weighted by molar-refractivity contribution is -0.153. The standard InChI is InChI=1S/C21H24F2N4O/c1-20(2,3)27-9-7-18(21(22,23)13-27)28-17-5-4-14(10-16(17)12-24)15-6-8-26-19(25)11-15/h4-6,8,10-11,18H,7,9,13H2,1-3H3,(H2,25,26)/t18-/m0/s1. The molecule has 0 radical (unpaired) electrons. The molecule has 7 heteroatoms. The maximum absolute atomic E-state index is 14.7. The van der Waals surface area contributed by atoms with Crippen LogP contribution in [0.4, 0.5) is 14.6 Å². The van der Waals surface area contributed by atoms with Gasteiger partial charge in [0.2, 0.25) is 0 Å². The Morgan fingerprint density at radius 1 is 1.25 bits per heavy atom. The van der Waals surface area contributed by atoms with Gasteiger partial charge in [0.1, 0.15) is 17.6 Å². The predicted octanol–water partition coefficient (Wildman–Crippen LogP) is 4.09. The molecule has 148 valence electrons. The molecule has 1 aliphatic rings. The molecule has 0 spiro atoms. The van der Waals surface area contributed by atoms with Crippen LogP contribution in [0.15, 0.2) is 36.5 Å². The Bertz CT molecular complexity index is 902. The first-order valence-corrected chi connectivity index (χ1v) is 9.16. The second-order valence-corrected chi connectivity index (χ2v) is 8.04. The Hall–Kier alpha value is -2.72. The number of benzene rings is 1. The van der Waals surface area contributed by atoms with Gasteiger partial charge in [0.25, 0.3) is 5.92 Å². The highest BCUT2D eigenvalue weighted by atomic mass is 19.3. The van der Waals surface area contributed by atoms with Crippen LogP contribution in [-0.4, -0.2) is 40.5 Å². The highest BCUT2D eigenvalue weighted by molar-refractivity contribution is 5.69. The average Bonchev–Trinajstić information content (AvgIpc) is 2.62. The molecule has 0 saturated carbocycles. The molecule has 1 saturated heterocycles. The average molecular weight is 386 g/mol. The summed E-state index contributed by atoms with van der Waals surface area (Å²) in [4.78, 5) is 5.70. The minimum Gasteiger partial charge on any atom is -0.483 e. The van der Waals surface area contributed by atoms with E-state index in [0.717, 1.165) is 11.1 Å². The van der Waals surface area contributed by atoms with Crippen molar-refractivity contribution in [2.75, 3.05) is 18.8 Å². The van der Waals surface area contributed by atoms with Gasteiger partial charge in [-0.3, -0.25) is 4.90 Å². The number of hydrogen-bond acceptors (Lipinski definition) is 5. The van der Waals surface area contributed by atoms with Crippen LogP contribution in [0, 0.1) is 11.3 Å². The first kappa shape index (κ1) is 20.0. The number of anilines is 1. The molecule has 2 N–H and O–H groups in total. The molecule has 0 unspecified atom stereocenters. The van der Waals surface area contributed by atoms with Crippen LogP contribution in [0.1, 0.15) is 32.8 Å². The number of alkyl halides is 2. The molecular weight excluding hydrogens is 362 g/mol. The highest BCUT2D eigenvalue weighted by Gasteiger charge is 2.48. The molecule has 2 heterocycles. The molecule has 0 aliphatic carbocycles. The van der Waals surface area contributed by atoms with E-state index in [1.165, 1.54) is 0 Å². The number of nitrogen functional groups attached to an aromatic ring is 1. The van der Waals surface area contributed by atoms with Crippen molar-refractivity contribution in [3.63, 3.8) is 0 Å². The summed E-state index contributed by atoms with van der Waals surface area (Å²) in [7, 11) is 0. The Morgan fingerprint density at radius 2 is 1.96 bits per heavy atom. The van der Waals surface area contributed by atoms with E-state index in [1.807, 2.05) is 26.8 Å². The fraction of sp³-hybridized carbons (Fsp3) is 0.429. The molecule has 1 atom stereocenters. The number of halogens is 2. The highest BCUT2D eigenvalue weighted by Crippen LogP contribution is 2.35. The summed E-state index contributed by atoms with van der Waals surface area (Å²) in [6.07, 6.45) is 0.503. The van der Waals surface area contributed by atoms with Gasteiger partial charge in [0.15, 0.2) is 6.10 Å². The quantitative estimate of drug-likeness (QED) is 0.860. The minimum absolute atomic E-state index is 0.169. The second kappa shape index (κ2) is 7.36. The van der Waals surface area contributed by atoms with Crippen molar-refractivity contribution < 1.29 is 13.5 Å². The summed E-state index contributed by atoms with van der Waals surface area (Å²) in [5.41, 5.74) is 7.11. The van der Waals surface area contributed by atoms with E-state index in [4.69, 9.17) is 10.5 Å². The molecule has 0 bridgehead atoms. The topological polar surface area (TPSA) is 75.2 Å². The Morgan fingerprint density at radius 3 is 2.57 bits per heavy atom. The van der Waals surface area contributed by atoms with E-state index in [1.54, 1.807) is 41.4 Å². The molecule has 2 aromatic rings. The van der Waals surface area contributed by atoms with Crippen LogP contribution in [0.3, 0.4) is 0 Å².